The lowest BCUT2D eigenvalue weighted by molar-refractivity contribution is -0.512. The maximum atomic E-state index is 10.9. The van der Waals surface area contributed by atoms with E-state index in [9.17, 15) is 5.21 Å². The summed E-state index contributed by atoms with van der Waals surface area (Å²) in [5, 5.41) is 19.4. The molecule has 0 bridgehead atoms. The van der Waals surface area contributed by atoms with Crippen LogP contribution in [0, 0.1) is 5.21 Å². The van der Waals surface area contributed by atoms with Crippen LogP contribution >= 0.6 is 0 Å². The second-order valence-electron chi connectivity index (χ2n) is 2.25. The van der Waals surface area contributed by atoms with E-state index < -0.39 is 0 Å². The summed E-state index contributed by atoms with van der Waals surface area (Å²) in [7, 11) is 0. The number of ether oxygens (including phenoxy) is 1. The van der Waals surface area contributed by atoms with Gasteiger partial charge in [-0.05, 0) is 0 Å². The Balaban J connectivity index is 2.41. The third-order valence-corrected chi connectivity index (χ3v) is 1.50. The highest BCUT2D eigenvalue weighted by atomic mass is 16.5. The van der Waals surface area contributed by atoms with Crippen molar-refractivity contribution in [2.75, 3.05) is 19.8 Å². The minimum atomic E-state index is -0.182. The topological polar surface area (TPSA) is 55.5 Å². The van der Waals surface area contributed by atoms with Gasteiger partial charge in [0.05, 0.1) is 0 Å². The molecule has 0 saturated heterocycles. The van der Waals surface area contributed by atoms with Gasteiger partial charge in [0.1, 0.15) is 13.2 Å². The number of hydroxylamine groups is 1. The molecule has 0 radical (unpaired) electrons. The monoisotopic (exact) mass is 145 g/mol. The van der Waals surface area contributed by atoms with Crippen LogP contribution in [0.25, 0.3) is 0 Å². The number of aliphatic hydroxyl groups is 1. The van der Waals surface area contributed by atoms with Crippen LogP contribution in [-0.2, 0) is 4.74 Å². The Kier molecular flexibility index (Phi) is 2.65. The van der Waals surface area contributed by atoms with Gasteiger partial charge in [-0.1, -0.05) is 0 Å². The third kappa shape index (κ3) is 1.68. The van der Waals surface area contributed by atoms with Gasteiger partial charge in [0.25, 0.3) is 0 Å². The first kappa shape index (κ1) is 7.50. The van der Waals surface area contributed by atoms with E-state index in [1.54, 1.807) is 0 Å². The standard InChI is InChI=1S/C6H11NO3/c8-3-1-6-5-10-4-2-7(6)9/h2,6,8H,1,3-5H2. The maximum Gasteiger partial charge on any atom is 0.188 e. The van der Waals surface area contributed by atoms with Crippen molar-refractivity contribution < 1.29 is 14.6 Å². The van der Waals surface area contributed by atoms with Gasteiger partial charge in [0, 0.05) is 13.0 Å². The van der Waals surface area contributed by atoms with Crippen molar-refractivity contribution in [3.8, 4) is 0 Å². The van der Waals surface area contributed by atoms with Crippen molar-refractivity contribution in [2.24, 2.45) is 0 Å². The normalized spacial score (nSPS) is 26.1. The molecule has 1 heterocycles. The zero-order valence-corrected chi connectivity index (χ0v) is 5.69. The van der Waals surface area contributed by atoms with E-state index in [1.165, 1.54) is 6.21 Å². The van der Waals surface area contributed by atoms with Crippen LogP contribution in [0.4, 0.5) is 0 Å². The molecule has 1 rings (SSSR count). The highest BCUT2D eigenvalue weighted by Gasteiger charge is 2.18. The Morgan fingerprint density at radius 3 is 3.20 bits per heavy atom. The Hall–Kier alpha value is -0.610. The average Bonchev–Trinajstić information content (AvgIpc) is 1.94. The fraction of sp³-hybridized carbons (Fsp3) is 0.833. The van der Waals surface area contributed by atoms with Crippen LogP contribution in [0.5, 0.6) is 0 Å². The summed E-state index contributed by atoms with van der Waals surface area (Å²) in [5.74, 6) is 0. The predicted octanol–water partition coefficient (Wildman–Crippen LogP) is -0.651. The van der Waals surface area contributed by atoms with Crippen molar-refractivity contribution in [3.05, 3.63) is 5.21 Å². The molecule has 0 spiro atoms. The lowest BCUT2D eigenvalue weighted by Crippen LogP contribution is -2.34. The van der Waals surface area contributed by atoms with E-state index in [0.29, 0.717) is 19.6 Å². The van der Waals surface area contributed by atoms with Gasteiger partial charge in [-0.2, -0.15) is 0 Å². The lowest BCUT2D eigenvalue weighted by Gasteiger charge is -2.19. The Morgan fingerprint density at radius 2 is 2.60 bits per heavy atom. The van der Waals surface area contributed by atoms with E-state index in [0.717, 1.165) is 4.74 Å². The van der Waals surface area contributed by atoms with Crippen LogP contribution < -0.4 is 0 Å². The quantitative estimate of drug-likeness (QED) is 0.415. The van der Waals surface area contributed by atoms with Gasteiger partial charge in [-0.15, -0.1) is 0 Å². The van der Waals surface area contributed by atoms with Crippen molar-refractivity contribution in [3.63, 3.8) is 0 Å². The summed E-state index contributed by atoms with van der Waals surface area (Å²) in [6.07, 6.45) is 1.93. The molecule has 0 aliphatic carbocycles. The van der Waals surface area contributed by atoms with E-state index >= 15 is 0 Å². The van der Waals surface area contributed by atoms with Gasteiger partial charge in [-0.25, -0.2) is 4.74 Å². The molecule has 0 amide bonds. The lowest BCUT2D eigenvalue weighted by atomic mass is 10.2. The fourth-order valence-corrected chi connectivity index (χ4v) is 0.912. The van der Waals surface area contributed by atoms with Gasteiger partial charge >= 0.3 is 0 Å². The summed E-state index contributed by atoms with van der Waals surface area (Å²) >= 11 is 0. The second kappa shape index (κ2) is 3.53. The van der Waals surface area contributed by atoms with Crippen molar-refractivity contribution >= 4 is 6.21 Å². The Labute approximate surface area is 59.3 Å². The van der Waals surface area contributed by atoms with E-state index in [2.05, 4.69) is 0 Å². The highest BCUT2D eigenvalue weighted by molar-refractivity contribution is 5.53. The predicted molar refractivity (Wildman–Crippen MR) is 36.0 cm³/mol. The van der Waals surface area contributed by atoms with Crippen molar-refractivity contribution in [1.29, 1.82) is 0 Å². The summed E-state index contributed by atoms with van der Waals surface area (Å²) in [4.78, 5) is 0. The van der Waals surface area contributed by atoms with Crippen molar-refractivity contribution in [1.82, 2.24) is 0 Å². The molecule has 0 fully saturated rings. The molecule has 1 aliphatic rings. The fourth-order valence-electron chi connectivity index (χ4n) is 0.912. The van der Waals surface area contributed by atoms with Crippen LogP contribution in [-0.4, -0.2) is 41.9 Å². The van der Waals surface area contributed by atoms with Crippen LogP contribution in [0.3, 0.4) is 0 Å². The molecule has 4 nitrogen and oxygen atoms in total. The summed E-state index contributed by atoms with van der Waals surface area (Å²) < 4.78 is 5.86. The van der Waals surface area contributed by atoms with Gasteiger partial charge < -0.3 is 15.1 Å². The molecule has 0 aromatic carbocycles. The number of aliphatic hydroxyl groups excluding tert-OH is 1. The second-order valence-corrected chi connectivity index (χ2v) is 2.25. The molecule has 4 heteroatoms. The summed E-state index contributed by atoms with van der Waals surface area (Å²) in [5.41, 5.74) is 0. The summed E-state index contributed by atoms with van der Waals surface area (Å²) in [6.45, 7) is 0.868. The molecule has 1 aliphatic heterocycles. The first-order chi connectivity index (χ1) is 4.84. The maximum absolute atomic E-state index is 10.9. The molecule has 1 unspecified atom stereocenters. The third-order valence-electron chi connectivity index (χ3n) is 1.50. The molecule has 0 saturated carbocycles. The molecule has 58 valence electrons. The molecular formula is C6H11NO3. The molecule has 10 heavy (non-hydrogen) atoms. The number of hydrogen-bond acceptors (Lipinski definition) is 3. The van der Waals surface area contributed by atoms with Gasteiger partial charge in [0.15, 0.2) is 12.3 Å². The number of hydrogen-bond donors (Lipinski definition) is 1. The van der Waals surface area contributed by atoms with Gasteiger partial charge in [0.2, 0.25) is 0 Å². The molecular weight excluding hydrogens is 134 g/mol. The first-order valence-electron chi connectivity index (χ1n) is 3.32. The summed E-state index contributed by atoms with van der Waals surface area (Å²) in [6, 6.07) is -0.182. The molecule has 1 N–H and O–H groups in total. The minimum Gasteiger partial charge on any atom is -0.624 e. The molecule has 0 aromatic rings. The highest BCUT2D eigenvalue weighted by Crippen LogP contribution is 2.00. The Bertz CT molecular complexity index is 135. The zero-order valence-electron chi connectivity index (χ0n) is 5.69. The van der Waals surface area contributed by atoms with Crippen LogP contribution in [0.1, 0.15) is 6.42 Å². The van der Waals surface area contributed by atoms with E-state index in [4.69, 9.17) is 9.84 Å². The van der Waals surface area contributed by atoms with Crippen LogP contribution in [0.15, 0.2) is 0 Å². The molecule has 0 aromatic heterocycles. The SMILES string of the molecule is [O-][N+]1=CCOCC1CCO. The number of nitrogens with zero attached hydrogens (tertiary/aromatic N) is 1. The Morgan fingerprint density at radius 1 is 1.80 bits per heavy atom. The van der Waals surface area contributed by atoms with Crippen LogP contribution in [0.2, 0.25) is 0 Å². The van der Waals surface area contributed by atoms with Gasteiger partial charge in [-0.3, -0.25) is 0 Å². The zero-order chi connectivity index (χ0) is 7.40. The average molecular weight is 145 g/mol. The van der Waals surface area contributed by atoms with E-state index in [1.807, 2.05) is 0 Å². The minimum absolute atomic E-state index is 0.0423. The first-order valence-corrected chi connectivity index (χ1v) is 3.32. The smallest absolute Gasteiger partial charge is 0.188 e. The molecule has 1 atom stereocenters. The number of rotatable bonds is 2. The van der Waals surface area contributed by atoms with Crippen molar-refractivity contribution in [2.45, 2.75) is 12.5 Å². The van der Waals surface area contributed by atoms with E-state index in [-0.39, 0.29) is 12.6 Å². The largest absolute Gasteiger partial charge is 0.624 e.